The van der Waals surface area contributed by atoms with Gasteiger partial charge in [-0.3, -0.25) is 4.79 Å². The maximum Gasteiger partial charge on any atom is 0.223 e. The lowest BCUT2D eigenvalue weighted by molar-refractivity contribution is -0.125. The van der Waals surface area contributed by atoms with Crippen LogP contribution in [0.5, 0.6) is 0 Å². The predicted octanol–water partition coefficient (Wildman–Crippen LogP) is 3.06. The molecular formula is C18H26FNO2. The molecule has 0 bridgehead atoms. The molecule has 0 heterocycles. The van der Waals surface area contributed by atoms with Crippen LogP contribution >= 0.6 is 0 Å². The maximum atomic E-state index is 13.7. The fraction of sp³-hybridized carbons (Fsp3) is 0.611. The largest absolute Gasteiger partial charge is 0.396 e. The average molecular weight is 307 g/mol. The molecule has 2 rings (SSSR count). The van der Waals surface area contributed by atoms with Crippen molar-refractivity contribution in [3.63, 3.8) is 0 Å². The molecule has 0 spiro atoms. The van der Waals surface area contributed by atoms with Crippen LogP contribution in [-0.4, -0.2) is 23.7 Å². The van der Waals surface area contributed by atoms with E-state index >= 15 is 0 Å². The van der Waals surface area contributed by atoms with Gasteiger partial charge < -0.3 is 10.4 Å². The molecule has 0 aliphatic heterocycles. The van der Waals surface area contributed by atoms with Crippen LogP contribution in [0, 0.1) is 17.7 Å². The van der Waals surface area contributed by atoms with Gasteiger partial charge in [0, 0.05) is 24.5 Å². The summed E-state index contributed by atoms with van der Waals surface area (Å²) in [5, 5.41) is 12.6. The zero-order valence-electron chi connectivity index (χ0n) is 13.2. The molecule has 1 aliphatic carbocycles. The Morgan fingerprint density at radius 2 is 2.05 bits per heavy atom. The first-order valence-electron chi connectivity index (χ1n) is 8.26. The van der Waals surface area contributed by atoms with Crippen LogP contribution in [0.2, 0.25) is 0 Å². The van der Waals surface area contributed by atoms with Crippen molar-refractivity contribution < 1.29 is 14.3 Å². The summed E-state index contributed by atoms with van der Waals surface area (Å²) in [6, 6.07) is 6.63. The summed E-state index contributed by atoms with van der Waals surface area (Å²) in [5.74, 6) is -0.440. The molecule has 1 saturated carbocycles. The molecule has 1 aromatic rings. The van der Waals surface area contributed by atoms with E-state index in [1.165, 1.54) is 6.07 Å². The number of hydrogen-bond donors (Lipinski definition) is 2. The molecule has 122 valence electrons. The number of rotatable bonds is 5. The summed E-state index contributed by atoms with van der Waals surface area (Å²) in [7, 11) is 0. The van der Waals surface area contributed by atoms with Crippen LogP contribution in [-0.2, 0) is 11.2 Å². The Bertz CT molecular complexity index is 492. The van der Waals surface area contributed by atoms with Gasteiger partial charge in [-0.25, -0.2) is 4.39 Å². The fourth-order valence-electron chi connectivity index (χ4n) is 3.20. The van der Waals surface area contributed by atoms with Crippen LogP contribution < -0.4 is 5.32 Å². The number of halogens is 1. The average Bonchev–Trinajstić information content (AvgIpc) is 2.74. The smallest absolute Gasteiger partial charge is 0.223 e. The molecule has 0 radical (unpaired) electrons. The van der Waals surface area contributed by atoms with E-state index in [2.05, 4.69) is 5.32 Å². The summed E-state index contributed by atoms with van der Waals surface area (Å²) < 4.78 is 13.7. The molecule has 1 aliphatic rings. The van der Waals surface area contributed by atoms with E-state index in [0.29, 0.717) is 12.0 Å². The van der Waals surface area contributed by atoms with Gasteiger partial charge in [-0.2, -0.15) is 0 Å². The van der Waals surface area contributed by atoms with E-state index in [1.807, 2.05) is 6.92 Å². The number of carbonyl (C=O) groups excluding carboxylic acids is 1. The summed E-state index contributed by atoms with van der Waals surface area (Å²) in [5.41, 5.74) is 0.574. The number of aliphatic hydroxyl groups is 1. The molecule has 3 unspecified atom stereocenters. The van der Waals surface area contributed by atoms with Crippen molar-refractivity contribution in [2.24, 2.45) is 11.8 Å². The first-order valence-corrected chi connectivity index (χ1v) is 8.26. The highest BCUT2D eigenvalue weighted by molar-refractivity contribution is 5.78. The van der Waals surface area contributed by atoms with Crippen LogP contribution in [0.25, 0.3) is 0 Å². The molecule has 3 nitrogen and oxygen atoms in total. The van der Waals surface area contributed by atoms with Gasteiger partial charge in [-0.15, -0.1) is 0 Å². The monoisotopic (exact) mass is 307 g/mol. The van der Waals surface area contributed by atoms with E-state index in [-0.39, 0.29) is 36.2 Å². The predicted molar refractivity (Wildman–Crippen MR) is 84.9 cm³/mol. The Morgan fingerprint density at radius 3 is 2.77 bits per heavy atom. The second-order valence-electron chi connectivity index (χ2n) is 6.39. The number of nitrogens with one attached hydrogen (secondary N) is 1. The van der Waals surface area contributed by atoms with Crippen molar-refractivity contribution in [2.75, 3.05) is 6.61 Å². The van der Waals surface area contributed by atoms with Gasteiger partial charge >= 0.3 is 0 Å². The fourth-order valence-corrected chi connectivity index (χ4v) is 3.20. The third-order valence-corrected chi connectivity index (χ3v) is 4.65. The van der Waals surface area contributed by atoms with E-state index < -0.39 is 0 Å². The number of amides is 1. The van der Waals surface area contributed by atoms with Gasteiger partial charge in [0.1, 0.15) is 5.82 Å². The van der Waals surface area contributed by atoms with Crippen molar-refractivity contribution >= 4 is 5.91 Å². The molecule has 4 heteroatoms. The van der Waals surface area contributed by atoms with Crippen molar-refractivity contribution in [1.29, 1.82) is 0 Å². The molecule has 22 heavy (non-hydrogen) atoms. The first kappa shape index (κ1) is 16.9. The topological polar surface area (TPSA) is 49.3 Å². The van der Waals surface area contributed by atoms with Crippen molar-refractivity contribution in [1.82, 2.24) is 5.32 Å². The lowest BCUT2D eigenvalue weighted by Crippen LogP contribution is -2.43. The van der Waals surface area contributed by atoms with Crippen molar-refractivity contribution in [2.45, 2.75) is 51.5 Å². The number of hydrogen-bond acceptors (Lipinski definition) is 2. The third kappa shape index (κ3) is 4.54. The second-order valence-corrected chi connectivity index (χ2v) is 6.39. The molecule has 0 aromatic heterocycles. The number of aliphatic hydroxyl groups excluding tert-OH is 1. The Balaban J connectivity index is 1.94. The molecule has 1 amide bonds. The summed E-state index contributed by atoms with van der Waals surface area (Å²) in [4.78, 5) is 12.4. The maximum absolute atomic E-state index is 13.7. The summed E-state index contributed by atoms with van der Waals surface area (Å²) in [6.45, 7) is 1.94. The van der Waals surface area contributed by atoms with Crippen LogP contribution in [0.1, 0.15) is 44.6 Å². The minimum absolute atomic E-state index is 0.0445. The van der Waals surface area contributed by atoms with E-state index in [1.54, 1.807) is 18.2 Å². The molecule has 1 fully saturated rings. The normalized spacial score (nSPS) is 23.6. The van der Waals surface area contributed by atoms with Crippen LogP contribution in [0.15, 0.2) is 24.3 Å². The lowest BCUT2D eigenvalue weighted by atomic mass is 9.94. The second kappa shape index (κ2) is 8.28. The summed E-state index contributed by atoms with van der Waals surface area (Å²) >= 11 is 0. The SMILES string of the molecule is CC(Cc1ccccc1F)C(=O)NC1CCCCCC1CO. The zero-order valence-corrected chi connectivity index (χ0v) is 13.2. The van der Waals surface area contributed by atoms with E-state index in [4.69, 9.17) is 0 Å². The molecule has 3 atom stereocenters. The van der Waals surface area contributed by atoms with Crippen molar-refractivity contribution in [3.05, 3.63) is 35.6 Å². The van der Waals surface area contributed by atoms with Gasteiger partial charge in [0.2, 0.25) is 5.91 Å². The standard InChI is InChI=1S/C18H26FNO2/c1-13(11-14-7-5-6-9-16(14)19)18(22)20-17-10-4-2-3-8-15(17)12-21/h5-7,9,13,15,17,21H,2-4,8,10-12H2,1H3,(H,20,22). The molecule has 2 N–H and O–H groups in total. The minimum Gasteiger partial charge on any atom is -0.396 e. The van der Waals surface area contributed by atoms with Gasteiger partial charge in [0.25, 0.3) is 0 Å². The number of benzene rings is 1. The molecular weight excluding hydrogens is 281 g/mol. The quantitative estimate of drug-likeness (QED) is 0.821. The van der Waals surface area contributed by atoms with Gasteiger partial charge in [-0.1, -0.05) is 44.4 Å². The van der Waals surface area contributed by atoms with Crippen LogP contribution in [0.3, 0.4) is 0 Å². The highest BCUT2D eigenvalue weighted by atomic mass is 19.1. The number of carbonyl (C=O) groups is 1. The first-order chi connectivity index (χ1) is 10.6. The Kier molecular flexibility index (Phi) is 6.37. The van der Waals surface area contributed by atoms with Gasteiger partial charge in [0.05, 0.1) is 0 Å². The third-order valence-electron chi connectivity index (χ3n) is 4.65. The van der Waals surface area contributed by atoms with Gasteiger partial charge in [-0.05, 0) is 30.9 Å². The molecule has 0 saturated heterocycles. The highest BCUT2D eigenvalue weighted by Crippen LogP contribution is 2.23. The van der Waals surface area contributed by atoms with Crippen LogP contribution in [0.4, 0.5) is 4.39 Å². The van der Waals surface area contributed by atoms with E-state index in [9.17, 15) is 14.3 Å². The summed E-state index contributed by atoms with van der Waals surface area (Å²) in [6.07, 6.45) is 5.64. The zero-order chi connectivity index (χ0) is 15.9. The van der Waals surface area contributed by atoms with Crippen molar-refractivity contribution in [3.8, 4) is 0 Å². The minimum atomic E-state index is -0.278. The Hall–Kier alpha value is -1.42. The lowest BCUT2D eigenvalue weighted by Gasteiger charge is -2.26. The Morgan fingerprint density at radius 1 is 1.32 bits per heavy atom. The highest BCUT2D eigenvalue weighted by Gasteiger charge is 2.26. The Labute approximate surface area is 131 Å². The van der Waals surface area contributed by atoms with E-state index in [0.717, 1.165) is 32.1 Å². The van der Waals surface area contributed by atoms with Gasteiger partial charge in [0.15, 0.2) is 0 Å². The molecule has 1 aromatic carbocycles.